The third-order valence-corrected chi connectivity index (χ3v) is 6.80. The number of Topliss-reactive ketones (excluding diaryl/α,β-unsaturated/α-hetero) is 1. The molecule has 0 saturated carbocycles. The van der Waals surface area contributed by atoms with Crippen LogP contribution >= 0.6 is 46.6 Å². The molecule has 0 bridgehead atoms. The van der Waals surface area contributed by atoms with Gasteiger partial charge in [0, 0.05) is 17.6 Å². The van der Waals surface area contributed by atoms with E-state index in [0.717, 1.165) is 5.56 Å². The van der Waals surface area contributed by atoms with Gasteiger partial charge in [0.2, 0.25) is 9.70 Å². The van der Waals surface area contributed by atoms with Gasteiger partial charge in [0.05, 0.1) is 11.3 Å². The highest BCUT2D eigenvalue weighted by Crippen LogP contribution is 2.54. The number of thioether (sulfide) groups is 1. The van der Waals surface area contributed by atoms with E-state index in [2.05, 4.69) is 0 Å². The largest absolute Gasteiger partial charge is 0.460 e. The summed E-state index contributed by atoms with van der Waals surface area (Å²) in [6.07, 6.45) is 0.452. The van der Waals surface area contributed by atoms with Gasteiger partial charge in [0.1, 0.15) is 18.4 Å². The Labute approximate surface area is 183 Å². The number of alkyl halides is 3. The summed E-state index contributed by atoms with van der Waals surface area (Å²) in [5, 5.41) is -0.229. The molecular weight excluding hydrogens is 445 g/mol. The number of carbonyl (C=O) groups excluding carboxylic acids is 3. The molecule has 0 unspecified atom stereocenters. The Morgan fingerprint density at radius 1 is 1.21 bits per heavy atom. The quantitative estimate of drug-likeness (QED) is 0.364. The van der Waals surface area contributed by atoms with Gasteiger partial charge >= 0.3 is 5.97 Å². The number of hydrogen-bond donors (Lipinski definition) is 0. The van der Waals surface area contributed by atoms with Crippen LogP contribution in [0.1, 0.15) is 25.8 Å². The van der Waals surface area contributed by atoms with E-state index in [0.29, 0.717) is 6.42 Å². The van der Waals surface area contributed by atoms with Gasteiger partial charge in [-0.1, -0.05) is 65.1 Å². The predicted octanol–water partition coefficient (Wildman–Crippen LogP) is 3.78. The number of hydrogen-bond acceptors (Lipinski definition) is 5. The predicted molar refractivity (Wildman–Crippen MR) is 111 cm³/mol. The molecule has 0 aromatic heterocycles. The van der Waals surface area contributed by atoms with E-state index in [1.807, 2.05) is 44.2 Å². The third-order valence-electron chi connectivity index (χ3n) is 4.84. The topological polar surface area (TPSA) is 63.7 Å². The number of benzene rings is 1. The second kappa shape index (κ2) is 8.05. The van der Waals surface area contributed by atoms with Crippen LogP contribution in [0.2, 0.25) is 0 Å². The van der Waals surface area contributed by atoms with Gasteiger partial charge in [-0.2, -0.15) is 0 Å². The lowest BCUT2D eigenvalue weighted by molar-refractivity contribution is -0.167. The van der Waals surface area contributed by atoms with Crippen molar-refractivity contribution in [2.24, 2.45) is 5.92 Å². The standard InChI is InChI=1S/C19H20Cl3NO4S/c1-18(2)14(17(26)27-10-19(20,21)22)23-15(25)13(16(23)28-18)9-12(24)8-11-6-4-3-5-7-11/h3-7,13-14,16H,8-10H2,1-2H3/t13-,14+,16-/m1/s1. The van der Waals surface area contributed by atoms with Crippen molar-refractivity contribution in [3.8, 4) is 0 Å². The zero-order valence-corrected chi connectivity index (χ0v) is 18.4. The van der Waals surface area contributed by atoms with E-state index in [4.69, 9.17) is 39.5 Å². The minimum absolute atomic E-state index is 0.00448. The lowest BCUT2D eigenvalue weighted by Gasteiger charge is -2.43. The Morgan fingerprint density at radius 3 is 2.46 bits per heavy atom. The molecule has 2 saturated heterocycles. The lowest BCUT2D eigenvalue weighted by atomic mass is 9.87. The Kier molecular flexibility index (Phi) is 6.26. The summed E-state index contributed by atoms with van der Waals surface area (Å²) in [5.74, 6) is -1.23. The molecule has 0 aliphatic carbocycles. The first-order valence-electron chi connectivity index (χ1n) is 8.78. The smallest absolute Gasteiger partial charge is 0.330 e. The second-order valence-electron chi connectivity index (χ2n) is 7.49. The zero-order valence-electron chi connectivity index (χ0n) is 15.4. The van der Waals surface area contributed by atoms with Gasteiger partial charge in [0.15, 0.2) is 0 Å². The number of β-lactam (4-membered cyclic amide) rings is 1. The minimum Gasteiger partial charge on any atom is -0.460 e. The molecule has 0 N–H and O–H groups in total. The number of fused-ring (bicyclic) bond motifs is 1. The Bertz CT molecular complexity index is 781. The molecule has 2 aliphatic heterocycles. The van der Waals surface area contributed by atoms with E-state index < -0.39 is 26.5 Å². The first-order valence-corrected chi connectivity index (χ1v) is 10.8. The highest BCUT2D eigenvalue weighted by atomic mass is 35.6. The Balaban J connectivity index is 1.64. The summed E-state index contributed by atoms with van der Waals surface area (Å²) in [6, 6.07) is 8.64. The van der Waals surface area contributed by atoms with Gasteiger partial charge in [0.25, 0.3) is 0 Å². The number of esters is 1. The summed E-state index contributed by atoms with van der Waals surface area (Å²) < 4.78 is 2.83. The number of carbonyl (C=O) groups is 3. The van der Waals surface area contributed by atoms with Crippen molar-refractivity contribution in [2.75, 3.05) is 6.61 Å². The molecule has 0 radical (unpaired) electrons. The van der Waals surface area contributed by atoms with Crippen LogP contribution < -0.4 is 0 Å². The van der Waals surface area contributed by atoms with Crippen molar-refractivity contribution in [3.05, 3.63) is 35.9 Å². The third kappa shape index (κ3) is 4.61. The molecular formula is C19H20Cl3NO4S. The first kappa shape index (κ1) is 21.8. The normalized spacial score (nSPS) is 25.8. The van der Waals surface area contributed by atoms with E-state index in [1.165, 1.54) is 16.7 Å². The average Bonchev–Trinajstić information content (AvgIpc) is 2.86. The summed E-state index contributed by atoms with van der Waals surface area (Å²) >= 11 is 18.4. The maximum Gasteiger partial charge on any atom is 0.330 e. The van der Waals surface area contributed by atoms with Crippen molar-refractivity contribution in [3.63, 3.8) is 0 Å². The Hall–Kier alpha value is -0.950. The first-order chi connectivity index (χ1) is 13.0. The molecule has 9 heteroatoms. The number of nitrogens with zero attached hydrogens (tertiary/aromatic N) is 1. The van der Waals surface area contributed by atoms with Gasteiger partial charge in [-0.25, -0.2) is 4.79 Å². The van der Waals surface area contributed by atoms with Gasteiger partial charge < -0.3 is 9.64 Å². The minimum atomic E-state index is -1.71. The fourth-order valence-electron chi connectivity index (χ4n) is 3.63. The van der Waals surface area contributed by atoms with Crippen molar-refractivity contribution in [1.29, 1.82) is 0 Å². The van der Waals surface area contributed by atoms with Crippen LogP contribution in [0.25, 0.3) is 0 Å². The molecule has 1 amide bonds. The molecule has 5 nitrogen and oxygen atoms in total. The Morgan fingerprint density at radius 2 is 1.86 bits per heavy atom. The molecule has 1 aromatic rings. The average molecular weight is 465 g/mol. The highest BCUT2D eigenvalue weighted by Gasteiger charge is 2.64. The number of rotatable bonds is 6. The molecule has 3 rings (SSSR count). The number of ketones is 1. The van der Waals surface area contributed by atoms with Crippen molar-refractivity contribution < 1.29 is 19.1 Å². The summed E-state index contributed by atoms with van der Waals surface area (Å²) in [7, 11) is 0. The zero-order chi connectivity index (χ0) is 20.7. The fraction of sp³-hybridized carbons (Fsp3) is 0.526. The maximum atomic E-state index is 12.7. The summed E-state index contributed by atoms with van der Waals surface area (Å²) in [5.41, 5.74) is 0.920. The van der Waals surface area contributed by atoms with Crippen LogP contribution in [-0.2, 0) is 25.5 Å². The van der Waals surface area contributed by atoms with Crippen LogP contribution in [0.15, 0.2) is 30.3 Å². The van der Waals surface area contributed by atoms with E-state index in [9.17, 15) is 14.4 Å². The number of halogens is 3. The van der Waals surface area contributed by atoms with Gasteiger partial charge in [-0.3, -0.25) is 9.59 Å². The molecule has 3 atom stereocenters. The van der Waals surface area contributed by atoms with E-state index in [1.54, 1.807) is 0 Å². The van der Waals surface area contributed by atoms with Gasteiger partial charge in [-0.15, -0.1) is 11.8 Å². The fourth-order valence-corrected chi connectivity index (χ4v) is 5.47. The van der Waals surface area contributed by atoms with Crippen molar-refractivity contribution in [1.82, 2.24) is 4.90 Å². The summed E-state index contributed by atoms with van der Waals surface area (Å²) in [6.45, 7) is 3.35. The second-order valence-corrected chi connectivity index (χ2v) is 11.8. The highest BCUT2D eigenvalue weighted by molar-refractivity contribution is 8.01. The van der Waals surface area contributed by atoms with Crippen LogP contribution in [0.4, 0.5) is 0 Å². The number of ether oxygens (including phenoxy) is 1. The molecule has 2 fully saturated rings. The maximum absolute atomic E-state index is 12.7. The van der Waals surface area contributed by atoms with Crippen LogP contribution in [0, 0.1) is 5.92 Å². The van der Waals surface area contributed by atoms with E-state index >= 15 is 0 Å². The van der Waals surface area contributed by atoms with Crippen LogP contribution in [-0.4, -0.2) is 49.1 Å². The van der Waals surface area contributed by atoms with Crippen LogP contribution in [0.3, 0.4) is 0 Å². The molecule has 152 valence electrons. The van der Waals surface area contributed by atoms with Crippen LogP contribution in [0.5, 0.6) is 0 Å². The molecule has 0 spiro atoms. The monoisotopic (exact) mass is 463 g/mol. The summed E-state index contributed by atoms with van der Waals surface area (Å²) in [4.78, 5) is 39.2. The van der Waals surface area contributed by atoms with Crippen molar-refractivity contribution >= 4 is 64.2 Å². The molecule has 1 aromatic carbocycles. The molecule has 2 aliphatic rings. The van der Waals surface area contributed by atoms with E-state index in [-0.39, 0.29) is 30.1 Å². The van der Waals surface area contributed by atoms with Gasteiger partial charge in [-0.05, 0) is 19.4 Å². The molecule has 28 heavy (non-hydrogen) atoms. The van der Waals surface area contributed by atoms with Crippen molar-refractivity contribution in [2.45, 2.75) is 46.6 Å². The molecule has 2 heterocycles. The SMILES string of the molecule is CC1(C)S[C@@H]2[C@H](CC(=O)Cc3ccccc3)C(=O)N2[C@H]1C(=O)OCC(Cl)(Cl)Cl. The number of amides is 1. The lowest BCUT2D eigenvalue weighted by Crippen LogP contribution is -2.63.